The first-order valence-electron chi connectivity index (χ1n) is 10.1. The fourth-order valence-corrected chi connectivity index (χ4v) is 4.01. The zero-order valence-electron chi connectivity index (χ0n) is 16.4. The molecular weight excluding hydrogens is 390 g/mol. The van der Waals surface area contributed by atoms with E-state index in [-0.39, 0.29) is 25.1 Å². The third kappa shape index (κ3) is 4.04. The second kappa shape index (κ2) is 8.28. The Morgan fingerprint density at radius 3 is 2.52 bits per heavy atom. The highest BCUT2D eigenvalue weighted by Gasteiger charge is 2.20. The summed E-state index contributed by atoms with van der Waals surface area (Å²) in [5.74, 6) is 0. The van der Waals surface area contributed by atoms with Crippen LogP contribution in [0.3, 0.4) is 0 Å². The number of carbonyl (C=O) groups is 1. The minimum Gasteiger partial charge on any atom is -0.354 e. The molecule has 0 unspecified atom stereocenters. The van der Waals surface area contributed by atoms with Gasteiger partial charge in [-0.3, -0.25) is 4.79 Å². The van der Waals surface area contributed by atoms with Crippen molar-refractivity contribution in [1.29, 1.82) is 0 Å². The number of fused-ring (bicyclic) bond motifs is 2. The van der Waals surface area contributed by atoms with Crippen LogP contribution >= 0.6 is 0 Å². The topological polar surface area (TPSA) is 107 Å². The normalized spacial score (nSPS) is 14.5. The van der Waals surface area contributed by atoms with Crippen LogP contribution in [0.25, 0.3) is 33.1 Å². The van der Waals surface area contributed by atoms with Crippen molar-refractivity contribution in [2.75, 3.05) is 18.4 Å². The zero-order chi connectivity index (χ0) is 20.7. The first kappa shape index (κ1) is 20.7. The molecule has 0 spiro atoms. The fourth-order valence-electron chi connectivity index (χ4n) is 4.01. The van der Waals surface area contributed by atoms with Crippen LogP contribution in [0.1, 0.15) is 20.3 Å². The Morgan fingerprint density at radius 1 is 0.968 bits per heavy atom. The number of piperidine rings is 1. The van der Waals surface area contributed by atoms with Crippen molar-refractivity contribution in [3.05, 3.63) is 65.0 Å². The van der Waals surface area contributed by atoms with Gasteiger partial charge >= 0.3 is 6.03 Å². The summed E-state index contributed by atoms with van der Waals surface area (Å²) in [5.41, 5.74) is 9.54. The van der Waals surface area contributed by atoms with Crippen molar-refractivity contribution < 1.29 is 4.79 Å². The molecule has 0 radical (unpaired) electrons. The standard InChI is InChI=1S/C23H23N5O2.CH4/c24-16-7-9-28(10-8-16)23(30)25-17-5-6-20-15(11-17)13-21(26-20)18-12-14-3-1-2-4-19(14)27-22(18)29;/h1-6,11-13,16,26H,7-10,24H2,(H,25,30)(H,27,29);1H4. The summed E-state index contributed by atoms with van der Waals surface area (Å²) in [5, 5.41) is 4.87. The van der Waals surface area contributed by atoms with Gasteiger partial charge in [-0.15, -0.1) is 0 Å². The maximum absolute atomic E-state index is 12.6. The minimum absolute atomic E-state index is 0. The maximum Gasteiger partial charge on any atom is 0.321 e. The number of benzene rings is 2. The fraction of sp³-hybridized carbons (Fsp3) is 0.250. The lowest BCUT2D eigenvalue weighted by molar-refractivity contribution is 0.195. The van der Waals surface area contributed by atoms with Crippen LogP contribution in [0, 0.1) is 0 Å². The summed E-state index contributed by atoms with van der Waals surface area (Å²) >= 11 is 0. The second-order valence-corrected chi connectivity index (χ2v) is 7.84. The van der Waals surface area contributed by atoms with Gasteiger partial charge in [0.1, 0.15) is 0 Å². The number of pyridine rings is 1. The molecule has 1 fully saturated rings. The van der Waals surface area contributed by atoms with E-state index in [2.05, 4.69) is 15.3 Å². The third-order valence-electron chi connectivity index (χ3n) is 5.74. The number of rotatable bonds is 2. The third-order valence-corrected chi connectivity index (χ3v) is 5.74. The molecule has 1 aliphatic heterocycles. The number of nitrogens with zero attached hydrogens (tertiary/aromatic N) is 1. The van der Waals surface area contributed by atoms with E-state index in [1.807, 2.05) is 54.6 Å². The summed E-state index contributed by atoms with van der Waals surface area (Å²) in [6.07, 6.45) is 1.65. The van der Waals surface area contributed by atoms with Crippen molar-refractivity contribution in [3.8, 4) is 11.3 Å². The predicted molar refractivity (Wildman–Crippen MR) is 126 cm³/mol. The Balaban J connectivity index is 0.00000231. The van der Waals surface area contributed by atoms with E-state index in [4.69, 9.17) is 5.73 Å². The van der Waals surface area contributed by atoms with Crippen LogP contribution < -0.4 is 16.6 Å². The number of urea groups is 1. The molecule has 0 saturated carbocycles. The number of aromatic nitrogens is 2. The van der Waals surface area contributed by atoms with Crippen LogP contribution in [0.5, 0.6) is 0 Å². The molecule has 2 aromatic carbocycles. The molecule has 1 aliphatic rings. The van der Waals surface area contributed by atoms with E-state index >= 15 is 0 Å². The van der Waals surface area contributed by atoms with E-state index < -0.39 is 0 Å². The quantitative estimate of drug-likeness (QED) is 0.391. The number of anilines is 1. The molecule has 0 aliphatic carbocycles. The van der Waals surface area contributed by atoms with E-state index in [1.54, 1.807) is 4.90 Å². The van der Waals surface area contributed by atoms with Crippen molar-refractivity contribution in [2.45, 2.75) is 26.3 Å². The molecule has 2 aromatic heterocycles. The molecule has 0 bridgehead atoms. The SMILES string of the molecule is C.NC1CCN(C(=O)Nc2ccc3[nH]c(-c4cc5ccccc5[nH]c4=O)cc3c2)CC1. The van der Waals surface area contributed by atoms with Gasteiger partial charge in [0.25, 0.3) is 5.56 Å². The average Bonchev–Trinajstić information content (AvgIpc) is 3.16. The lowest BCUT2D eigenvalue weighted by Crippen LogP contribution is -2.44. The van der Waals surface area contributed by atoms with Gasteiger partial charge in [-0.1, -0.05) is 25.6 Å². The van der Waals surface area contributed by atoms with Gasteiger partial charge in [0.2, 0.25) is 0 Å². The van der Waals surface area contributed by atoms with Crippen molar-refractivity contribution in [3.63, 3.8) is 0 Å². The molecule has 3 heterocycles. The van der Waals surface area contributed by atoms with Gasteiger partial charge in [-0.2, -0.15) is 0 Å². The van der Waals surface area contributed by atoms with Gasteiger partial charge in [0, 0.05) is 41.2 Å². The number of hydrogen-bond acceptors (Lipinski definition) is 3. The van der Waals surface area contributed by atoms with Gasteiger partial charge in [0.15, 0.2) is 0 Å². The minimum atomic E-state index is -0.142. The Labute approximate surface area is 180 Å². The molecule has 5 rings (SSSR count). The highest BCUT2D eigenvalue weighted by atomic mass is 16.2. The summed E-state index contributed by atoms with van der Waals surface area (Å²) in [6.45, 7) is 1.35. The molecule has 0 atom stereocenters. The Kier molecular flexibility index (Phi) is 5.52. The molecule has 7 nitrogen and oxygen atoms in total. The first-order chi connectivity index (χ1) is 14.6. The molecule has 1 saturated heterocycles. The maximum atomic E-state index is 12.6. The summed E-state index contributed by atoms with van der Waals surface area (Å²) in [4.78, 5) is 33.1. The number of nitrogens with one attached hydrogen (secondary N) is 3. The van der Waals surface area contributed by atoms with Crippen molar-refractivity contribution in [1.82, 2.24) is 14.9 Å². The van der Waals surface area contributed by atoms with Gasteiger partial charge < -0.3 is 25.9 Å². The lowest BCUT2D eigenvalue weighted by atomic mass is 10.1. The molecule has 160 valence electrons. The monoisotopic (exact) mass is 417 g/mol. The lowest BCUT2D eigenvalue weighted by Gasteiger charge is -2.30. The van der Waals surface area contributed by atoms with E-state index in [0.717, 1.165) is 46.0 Å². The molecule has 5 N–H and O–H groups in total. The number of carbonyl (C=O) groups excluding carboxylic acids is 1. The van der Waals surface area contributed by atoms with Gasteiger partial charge in [-0.25, -0.2) is 4.79 Å². The van der Waals surface area contributed by atoms with Crippen LogP contribution in [-0.4, -0.2) is 40.0 Å². The number of para-hydroxylation sites is 1. The number of amides is 2. The van der Waals surface area contributed by atoms with Gasteiger partial charge in [0.05, 0.1) is 11.3 Å². The van der Waals surface area contributed by atoms with E-state index in [1.165, 1.54) is 0 Å². The zero-order valence-corrected chi connectivity index (χ0v) is 16.4. The number of H-pyrrole nitrogens is 2. The van der Waals surface area contributed by atoms with Crippen molar-refractivity contribution in [2.24, 2.45) is 5.73 Å². The Bertz CT molecular complexity index is 1300. The number of likely N-dealkylation sites (tertiary alicyclic amines) is 1. The summed E-state index contributed by atoms with van der Waals surface area (Å²) in [7, 11) is 0. The Hall–Kier alpha value is -3.58. The number of hydrogen-bond donors (Lipinski definition) is 4. The predicted octanol–water partition coefficient (Wildman–Crippen LogP) is 4.27. The smallest absolute Gasteiger partial charge is 0.321 e. The summed E-state index contributed by atoms with van der Waals surface area (Å²) in [6, 6.07) is 17.3. The largest absolute Gasteiger partial charge is 0.354 e. The van der Waals surface area contributed by atoms with Crippen LogP contribution in [-0.2, 0) is 0 Å². The van der Waals surface area contributed by atoms with Crippen LogP contribution in [0.15, 0.2) is 59.4 Å². The van der Waals surface area contributed by atoms with Gasteiger partial charge in [-0.05, 0) is 54.6 Å². The highest BCUT2D eigenvalue weighted by molar-refractivity contribution is 5.95. The molecule has 7 heteroatoms. The number of aromatic amines is 2. The highest BCUT2D eigenvalue weighted by Crippen LogP contribution is 2.26. The van der Waals surface area contributed by atoms with E-state index in [9.17, 15) is 9.59 Å². The van der Waals surface area contributed by atoms with Crippen LogP contribution in [0.4, 0.5) is 10.5 Å². The molecule has 2 amide bonds. The molecule has 31 heavy (non-hydrogen) atoms. The second-order valence-electron chi connectivity index (χ2n) is 7.84. The number of nitrogens with two attached hydrogens (primary N) is 1. The van der Waals surface area contributed by atoms with Crippen LogP contribution in [0.2, 0.25) is 0 Å². The summed E-state index contributed by atoms with van der Waals surface area (Å²) < 4.78 is 0. The Morgan fingerprint density at radius 2 is 1.71 bits per heavy atom. The molecular formula is C24H27N5O2. The average molecular weight is 418 g/mol. The van der Waals surface area contributed by atoms with Crippen molar-refractivity contribution >= 4 is 33.5 Å². The molecule has 4 aromatic rings. The first-order valence-corrected chi connectivity index (χ1v) is 10.1. The van der Waals surface area contributed by atoms with E-state index in [0.29, 0.717) is 18.7 Å².